The number of aliphatic carboxylic acids is 1. The van der Waals surface area contributed by atoms with Crippen molar-refractivity contribution in [1.29, 1.82) is 0 Å². The largest absolute Gasteiger partial charge is 0.481 e. The van der Waals surface area contributed by atoms with Gasteiger partial charge in [0, 0.05) is 5.92 Å². The second-order valence-corrected chi connectivity index (χ2v) is 6.00. The van der Waals surface area contributed by atoms with Crippen molar-refractivity contribution in [2.75, 3.05) is 0 Å². The number of hydrogen-bond donors (Lipinski definition) is 2. The zero-order valence-electron chi connectivity index (χ0n) is 13.3. The number of carbonyl (C=O) groups excluding carboxylic acids is 1. The molecule has 122 valence electrons. The minimum absolute atomic E-state index is 0.0601. The van der Waals surface area contributed by atoms with E-state index < -0.39 is 17.4 Å². The maximum absolute atomic E-state index is 12.5. The Hall–Kier alpha value is -1.69. The van der Waals surface area contributed by atoms with E-state index in [1.807, 2.05) is 27.7 Å². The SMILES string of the molecule is CCC(CC)(CC(=O)O)NC(=O)c1nc(C(C)C)ncc1Cl. The van der Waals surface area contributed by atoms with Gasteiger partial charge < -0.3 is 10.4 Å². The quantitative estimate of drug-likeness (QED) is 0.803. The highest BCUT2D eigenvalue weighted by molar-refractivity contribution is 6.33. The van der Waals surface area contributed by atoms with E-state index in [-0.39, 0.29) is 23.1 Å². The van der Waals surface area contributed by atoms with E-state index in [2.05, 4.69) is 15.3 Å². The lowest BCUT2D eigenvalue weighted by Gasteiger charge is -2.31. The summed E-state index contributed by atoms with van der Waals surface area (Å²) in [7, 11) is 0. The first-order chi connectivity index (χ1) is 10.2. The number of aromatic nitrogens is 2. The predicted octanol–water partition coefficient (Wildman–Crippen LogP) is 3.02. The molecule has 1 aromatic rings. The zero-order valence-corrected chi connectivity index (χ0v) is 14.1. The highest BCUT2D eigenvalue weighted by Gasteiger charge is 2.32. The first-order valence-electron chi connectivity index (χ1n) is 7.31. The molecular weight excluding hydrogens is 306 g/mol. The third-order valence-corrected chi connectivity index (χ3v) is 3.99. The predicted molar refractivity (Wildman–Crippen MR) is 84.2 cm³/mol. The van der Waals surface area contributed by atoms with Gasteiger partial charge in [-0.15, -0.1) is 0 Å². The van der Waals surface area contributed by atoms with Crippen molar-refractivity contribution in [1.82, 2.24) is 15.3 Å². The number of carboxylic acid groups (broad SMARTS) is 1. The Bertz CT molecular complexity index is 557. The summed E-state index contributed by atoms with van der Waals surface area (Å²) in [5.74, 6) is -0.851. The van der Waals surface area contributed by atoms with Gasteiger partial charge in [0.2, 0.25) is 0 Å². The topological polar surface area (TPSA) is 92.2 Å². The smallest absolute Gasteiger partial charge is 0.305 e. The second kappa shape index (κ2) is 7.54. The first kappa shape index (κ1) is 18.4. The van der Waals surface area contributed by atoms with Gasteiger partial charge in [0.25, 0.3) is 5.91 Å². The second-order valence-electron chi connectivity index (χ2n) is 5.59. The highest BCUT2D eigenvalue weighted by Crippen LogP contribution is 2.22. The van der Waals surface area contributed by atoms with Crippen LogP contribution in [0.4, 0.5) is 0 Å². The number of carbonyl (C=O) groups is 2. The van der Waals surface area contributed by atoms with Gasteiger partial charge in [0.1, 0.15) is 11.5 Å². The van der Waals surface area contributed by atoms with Crippen molar-refractivity contribution in [3.63, 3.8) is 0 Å². The van der Waals surface area contributed by atoms with Crippen molar-refractivity contribution >= 4 is 23.5 Å². The number of halogens is 1. The molecule has 0 radical (unpaired) electrons. The van der Waals surface area contributed by atoms with E-state index in [9.17, 15) is 9.59 Å². The lowest BCUT2D eigenvalue weighted by molar-refractivity contribution is -0.138. The molecule has 1 amide bonds. The molecule has 7 heteroatoms. The Kier molecular flexibility index (Phi) is 6.29. The fraction of sp³-hybridized carbons (Fsp3) is 0.600. The van der Waals surface area contributed by atoms with Gasteiger partial charge in [0.05, 0.1) is 23.2 Å². The number of rotatable bonds is 7. The molecule has 0 fully saturated rings. The van der Waals surface area contributed by atoms with Crippen LogP contribution in [0.15, 0.2) is 6.20 Å². The summed E-state index contributed by atoms with van der Waals surface area (Å²) in [6.07, 6.45) is 2.25. The molecule has 2 N–H and O–H groups in total. The fourth-order valence-corrected chi connectivity index (χ4v) is 2.31. The van der Waals surface area contributed by atoms with Gasteiger partial charge >= 0.3 is 5.97 Å². The number of nitrogens with zero attached hydrogens (tertiary/aromatic N) is 2. The summed E-state index contributed by atoms with van der Waals surface area (Å²) in [6, 6.07) is 0. The number of carboxylic acids is 1. The number of nitrogens with one attached hydrogen (secondary N) is 1. The summed E-state index contributed by atoms with van der Waals surface area (Å²) in [6.45, 7) is 7.51. The van der Waals surface area contributed by atoms with Crippen LogP contribution in [0.2, 0.25) is 5.02 Å². The number of hydrogen-bond acceptors (Lipinski definition) is 4. The van der Waals surface area contributed by atoms with Crippen LogP contribution in [-0.4, -0.2) is 32.5 Å². The summed E-state index contributed by atoms with van der Waals surface area (Å²) in [5, 5.41) is 12.0. The third kappa shape index (κ3) is 4.40. The van der Waals surface area contributed by atoms with E-state index >= 15 is 0 Å². The molecule has 0 saturated carbocycles. The van der Waals surface area contributed by atoms with E-state index in [1.54, 1.807) is 0 Å². The molecule has 0 spiro atoms. The Labute approximate surface area is 135 Å². The standard InChI is InChI=1S/C15H22ClN3O3/c1-5-15(6-2,7-11(20)21)19-14(22)12-10(16)8-17-13(18-12)9(3)4/h8-9H,5-7H2,1-4H3,(H,19,22)(H,20,21). The van der Waals surface area contributed by atoms with Crippen molar-refractivity contribution in [2.24, 2.45) is 0 Å². The van der Waals surface area contributed by atoms with Crippen LogP contribution >= 0.6 is 11.6 Å². The van der Waals surface area contributed by atoms with Gasteiger partial charge in [-0.1, -0.05) is 39.3 Å². The van der Waals surface area contributed by atoms with Gasteiger partial charge in [-0.3, -0.25) is 9.59 Å². The molecule has 0 aromatic carbocycles. The molecule has 0 aliphatic carbocycles. The molecule has 22 heavy (non-hydrogen) atoms. The normalized spacial score (nSPS) is 11.5. The molecule has 0 unspecified atom stereocenters. The van der Waals surface area contributed by atoms with Crippen molar-refractivity contribution < 1.29 is 14.7 Å². The molecular formula is C15H22ClN3O3. The number of amides is 1. The minimum Gasteiger partial charge on any atom is -0.481 e. The Morgan fingerprint density at radius 2 is 1.95 bits per heavy atom. The fourth-order valence-electron chi connectivity index (χ4n) is 2.13. The van der Waals surface area contributed by atoms with E-state index in [0.717, 1.165) is 0 Å². The maximum atomic E-state index is 12.5. The highest BCUT2D eigenvalue weighted by atomic mass is 35.5. The molecule has 0 saturated heterocycles. The maximum Gasteiger partial charge on any atom is 0.305 e. The van der Waals surface area contributed by atoms with E-state index in [1.165, 1.54) is 6.20 Å². The molecule has 0 aliphatic rings. The molecule has 0 aliphatic heterocycles. The monoisotopic (exact) mass is 327 g/mol. The molecule has 1 heterocycles. The summed E-state index contributed by atoms with van der Waals surface area (Å²) < 4.78 is 0. The molecule has 0 bridgehead atoms. The average molecular weight is 328 g/mol. The van der Waals surface area contributed by atoms with Crippen molar-refractivity contribution in [3.05, 3.63) is 22.7 Å². The van der Waals surface area contributed by atoms with Gasteiger partial charge in [-0.05, 0) is 12.8 Å². The molecule has 1 rings (SSSR count). The van der Waals surface area contributed by atoms with Gasteiger partial charge in [0.15, 0.2) is 0 Å². The van der Waals surface area contributed by atoms with Crippen LogP contribution in [0, 0.1) is 0 Å². The minimum atomic E-state index is -0.958. The van der Waals surface area contributed by atoms with Gasteiger partial charge in [-0.2, -0.15) is 0 Å². The summed E-state index contributed by atoms with van der Waals surface area (Å²) in [5.41, 5.74) is -0.730. The van der Waals surface area contributed by atoms with Crippen molar-refractivity contribution in [3.8, 4) is 0 Å². The molecule has 0 atom stereocenters. The average Bonchev–Trinajstić information content (AvgIpc) is 2.45. The van der Waals surface area contributed by atoms with E-state index in [4.69, 9.17) is 16.7 Å². The van der Waals surface area contributed by atoms with Crippen LogP contribution in [0.25, 0.3) is 0 Å². The molecule has 1 aromatic heterocycles. The van der Waals surface area contributed by atoms with E-state index in [0.29, 0.717) is 18.7 Å². The van der Waals surface area contributed by atoms with Crippen LogP contribution in [0.1, 0.15) is 69.2 Å². The Morgan fingerprint density at radius 1 is 1.36 bits per heavy atom. The van der Waals surface area contributed by atoms with Crippen LogP contribution in [-0.2, 0) is 4.79 Å². The van der Waals surface area contributed by atoms with Crippen LogP contribution in [0.5, 0.6) is 0 Å². The van der Waals surface area contributed by atoms with Crippen LogP contribution in [0.3, 0.4) is 0 Å². The summed E-state index contributed by atoms with van der Waals surface area (Å²) in [4.78, 5) is 31.8. The molecule has 6 nitrogen and oxygen atoms in total. The lowest BCUT2D eigenvalue weighted by Crippen LogP contribution is -2.49. The summed E-state index contributed by atoms with van der Waals surface area (Å²) >= 11 is 6.01. The lowest BCUT2D eigenvalue weighted by atomic mass is 9.89. The Balaban J connectivity index is 3.09. The zero-order chi connectivity index (χ0) is 16.9. The Morgan fingerprint density at radius 3 is 2.41 bits per heavy atom. The van der Waals surface area contributed by atoms with Gasteiger partial charge in [-0.25, -0.2) is 9.97 Å². The first-order valence-corrected chi connectivity index (χ1v) is 7.69. The van der Waals surface area contributed by atoms with Crippen LogP contribution < -0.4 is 5.32 Å². The van der Waals surface area contributed by atoms with Crippen molar-refractivity contribution in [2.45, 2.75) is 58.4 Å². The third-order valence-electron chi connectivity index (χ3n) is 3.72.